The standard InChI is InChI=1S/C42H27N5/c1-2-12-31(13-3-1)39-38(43-37-16-8-9-25-47(37)39)30-19-21-32(22-20-30)40-44-41(35-23-17-28-10-4-6-14-33(28)26-35)46-42(45-40)36-24-18-29-11-5-7-15-34(29)27-36/h1-27H. The van der Waals surface area contributed by atoms with Crippen LogP contribution in [0.15, 0.2) is 164 Å². The maximum absolute atomic E-state index is 5.04. The summed E-state index contributed by atoms with van der Waals surface area (Å²) in [6.07, 6.45) is 2.07. The Morgan fingerprint density at radius 2 is 0.830 bits per heavy atom. The van der Waals surface area contributed by atoms with Gasteiger partial charge in [0, 0.05) is 34.0 Å². The van der Waals surface area contributed by atoms with Gasteiger partial charge in [-0.15, -0.1) is 0 Å². The third-order valence-electron chi connectivity index (χ3n) is 8.64. The minimum atomic E-state index is 0.621. The van der Waals surface area contributed by atoms with Crippen LogP contribution in [0.2, 0.25) is 0 Å². The second kappa shape index (κ2) is 11.2. The molecule has 0 unspecified atom stereocenters. The number of hydrogen-bond donors (Lipinski definition) is 0. The molecule has 3 heterocycles. The van der Waals surface area contributed by atoms with Crippen molar-refractivity contribution < 1.29 is 0 Å². The third-order valence-corrected chi connectivity index (χ3v) is 8.64. The molecule has 5 heteroatoms. The van der Waals surface area contributed by atoms with E-state index in [-0.39, 0.29) is 0 Å². The molecule has 0 aliphatic rings. The zero-order chi connectivity index (χ0) is 31.2. The molecule has 6 aromatic carbocycles. The van der Waals surface area contributed by atoms with Crippen LogP contribution >= 0.6 is 0 Å². The van der Waals surface area contributed by atoms with Gasteiger partial charge in [0.1, 0.15) is 5.65 Å². The second-order valence-electron chi connectivity index (χ2n) is 11.6. The lowest BCUT2D eigenvalue weighted by Crippen LogP contribution is -2.00. The van der Waals surface area contributed by atoms with Crippen molar-refractivity contribution in [1.29, 1.82) is 0 Å². The predicted octanol–water partition coefficient (Wildman–Crippen LogP) is 10.2. The molecule has 0 radical (unpaired) electrons. The first-order chi connectivity index (χ1) is 23.3. The molecule has 0 aliphatic carbocycles. The fourth-order valence-electron chi connectivity index (χ4n) is 6.27. The van der Waals surface area contributed by atoms with E-state index >= 15 is 0 Å². The molecule has 0 saturated heterocycles. The molecule has 9 rings (SSSR count). The summed E-state index contributed by atoms with van der Waals surface area (Å²) in [5, 5.41) is 4.64. The normalized spacial score (nSPS) is 11.4. The molecule has 0 aliphatic heterocycles. The molecule has 0 spiro atoms. The Balaban J connectivity index is 1.18. The molecular formula is C42H27N5. The van der Waals surface area contributed by atoms with Crippen LogP contribution in [-0.4, -0.2) is 24.3 Å². The number of aromatic nitrogens is 5. The van der Waals surface area contributed by atoms with Gasteiger partial charge in [0.25, 0.3) is 0 Å². The van der Waals surface area contributed by atoms with Crippen LogP contribution in [-0.2, 0) is 0 Å². The van der Waals surface area contributed by atoms with Crippen LogP contribution in [0, 0.1) is 0 Å². The average molecular weight is 602 g/mol. The summed E-state index contributed by atoms with van der Waals surface area (Å²) >= 11 is 0. The van der Waals surface area contributed by atoms with Gasteiger partial charge in [-0.25, -0.2) is 19.9 Å². The molecule has 220 valence electrons. The Labute approximate surface area is 271 Å². The van der Waals surface area contributed by atoms with E-state index in [9.17, 15) is 0 Å². The first-order valence-electron chi connectivity index (χ1n) is 15.6. The highest BCUT2D eigenvalue weighted by atomic mass is 15.0. The molecule has 0 fully saturated rings. The molecule has 3 aromatic heterocycles. The van der Waals surface area contributed by atoms with Crippen molar-refractivity contribution in [1.82, 2.24) is 24.3 Å². The van der Waals surface area contributed by atoms with E-state index in [0.717, 1.165) is 55.6 Å². The van der Waals surface area contributed by atoms with Crippen LogP contribution in [0.4, 0.5) is 0 Å². The first kappa shape index (κ1) is 26.9. The fourth-order valence-corrected chi connectivity index (χ4v) is 6.27. The minimum absolute atomic E-state index is 0.621. The average Bonchev–Trinajstić information content (AvgIpc) is 3.54. The minimum Gasteiger partial charge on any atom is -0.299 e. The molecule has 5 nitrogen and oxygen atoms in total. The number of imidazole rings is 1. The van der Waals surface area contributed by atoms with Crippen LogP contribution in [0.1, 0.15) is 0 Å². The van der Waals surface area contributed by atoms with Crippen molar-refractivity contribution in [3.63, 3.8) is 0 Å². The SMILES string of the molecule is c1ccc(-c2c(-c3ccc(-c4nc(-c5ccc6ccccc6c5)nc(-c5ccc6ccccc6c5)n4)cc3)nc3ccccn23)cc1. The van der Waals surface area contributed by atoms with Crippen molar-refractivity contribution in [3.8, 4) is 56.7 Å². The van der Waals surface area contributed by atoms with Gasteiger partial charge in [0.2, 0.25) is 0 Å². The Hall–Kier alpha value is -6.46. The highest BCUT2D eigenvalue weighted by Crippen LogP contribution is 2.34. The number of hydrogen-bond acceptors (Lipinski definition) is 4. The molecule has 0 atom stereocenters. The van der Waals surface area contributed by atoms with Crippen molar-refractivity contribution in [2.45, 2.75) is 0 Å². The summed E-state index contributed by atoms with van der Waals surface area (Å²) in [5.41, 5.74) is 7.84. The lowest BCUT2D eigenvalue weighted by atomic mass is 10.0. The van der Waals surface area contributed by atoms with Crippen LogP contribution in [0.3, 0.4) is 0 Å². The molecule has 0 amide bonds. The predicted molar refractivity (Wildman–Crippen MR) is 191 cm³/mol. The summed E-state index contributed by atoms with van der Waals surface area (Å²) in [6.45, 7) is 0. The Morgan fingerprint density at radius 1 is 0.340 bits per heavy atom. The highest BCUT2D eigenvalue weighted by Gasteiger charge is 2.17. The first-order valence-corrected chi connectivity index (χ1v) is 15.6. The summed E-state index contributed by atoms with van der Waals surface area (Å²) in [4.78, 5) is 20.1. The van der Waals surface area contributed by atoms with Gasteiger partial charge in [-0.05, 0) is 45.8 Å². The molecular weight excluding hydrogens is 574 g/mol. The van der Waals surface area contributed by atoms with Gasteiger partial charge in [-0.2, -0.15) is 0 Å². The summed E-state index contributed by atoms with van der Waals surface area (Å²) in [7, 11) is 0. The molecule has 0 N–H and O–H groups in total. The van der Waals surface area contributed by atoms with Gasteiger partial charge in [-0.3, -0.25) is 4.40 Å². The van der Waals surface area contributed by atoms with Crippen molar-refractivity contribution in [3.05, 3.63) is 164 Å². The molecule has 47 heavy (non-hydrogen) atoms. The summed E-state index contributed by atoms with van der Waals surface area (Å²) in [6, 6.07) is 54.3. The molecule has 9 aromatic rings. The number of nitrogens with zero attached hydrogens (tertiary/aromatic N) is 5. The lowest BCUT2D eigenvalue weighted by molar-refractivity contribution is 1.08. The van der Waals surface area contributed by atoms with E-state index in [0.29, 0.717) is 17.5 Å². The molecule has 0 saturated carbocycles. The Bertz CT molecular complexity index is 2470. The van der Waals surface area contributed by atoms with E-state index in [1.165, 1.54) is 10.8 Å². The van der Waals surface area contributed by atoms with Gasteiger partial charge in [-0.1, -0.05) is 133 Å². The van der Waals surface area contributed by atoms with Crippen molar-refractivity contribution in [2.75, 3.05) is 0 Å². The topological polar surface area (TPSA) is 56.0 Å². The van der Waals surface area contributed by atoms with Crippen LogP contribution in [0.5, 0.6) is 0 Å². The maximum Gasteiger partial charge on any atom is 0.164 e. The van der Waals surface area contributed by atoms with Crippen molar-refractivity contribution in [2.24, 2.45) is 0 Å². The number of fused-ring (bicyclic) bond motifs is 3. The van der Waals surface area contributed by atoms with Crippen LogP contribution < -0.4 is 0 Å². The van der Waals surface area contributed by atoms with E-state index in [2.05, 4.69) is 144 Å². The van der Waals surface area contributed by atoms with Gasteiger partial charge >= 0.3 is 0 Å². The zero-order valence-corrected chi connectivity index (χ0v) is 25.3. The quantitative estimate of drug-likeness (QED) is 0.197. The van der Waals surface area contributed by atoms with E-state index in [1.807, 2.05) is 24.3 Å². The Morgan fingerprint density at radius 3 is 1.45 bits per heavy atom. The number of pyridine rings is 1. The summed E-state index contributed by atoms with van der Waals surface area (Å²) < 4.78 is 2.15. The highest BCUT2D eigenvalue weighted by molar-refractivity contribution is 5.88. The lowest BCUT2D eigenvalue weighted by Gasteiger charge is -2.10. The van der Waals surface area contributed by atoms with E-state index in [4.69, 9.17) is 19.9 Å². The Kier molecular flexibility index (Phi) is 6.39. The van der Waals surface area contributed by atoms with Crippen LogP contribution in [0.25, 0.3) is 83.9 Å². The molecule has 0 bridgehead atoms. The van der Waals surface area contributed by atoms with Gasteiger partial charge in [0.05, 0.1) is 11.4 Å². The zero-order valence-electron chi connectivity index (χ0n) is 25.3. The fraction of sp³-hybridized carbons (Fsp3) is 0. The van der Waals surface area contributed by atoms with Crippen molar-refractivity contribution >= 4 is 27.2 Å². The third kappa shape index (κ3) is 4.91. The van der Waals surface area contributed by atoms with Gasteiger partial charge < -0.3 is 0 Å². The summed E-state index contributed by atoms with van der Waals surface area (Å²) in [5.74, 6) is 1.90. The smallest absolute Gasteiger partial charge is 0.164 e. The van der Waals surface area contributed by atoms with E-state index in [1.54, 1.807) is 0 Å². The van der Waals surface area contributed by atoms with Gasteiger partial charge in [0.15, 0.2) is 17.5 Å². The number of rotatable bonds is 5. The number of benzene rings is 6. The maximum atomic E-state index is 5.04. The largest absolute Gasteiger partial charge is 0.299 e. The monoisotopic (exact) mass is 601 g/mol. The second-order valence-corrected chi connectivity index (χ2v) is 11.6. The van der Waals surface area contributed by atoms with E-state index < -0.39 is 0 Å².